The second-order valence-corrected chi connectivity index (χ2v) is 4.83. The lowest BCUT2D eigenvalue weighted by Gasteiger charge is -2.04. The van der Waals surface area contributed by atoms with E-state index in [0.29, 0.717) is 9.92 Å². The zero-order valence-electron chi connectivity index (χ0n) is 8.65. The molecule has 0 heterocycles. The van der Waals surface area contributed by atoms with E-state index < -0.39 is 5.82 Å². The van der Waals surface area contributed by atoms with Crippen molar-refractivity contribution >= 4 is 23.4 Å². The van der Waals surface area contributed by atoms with E-state index in [9.17, 15) is 4.39 Å². The van der Waals surface area contributed by atoms with E-state index in [-0.39, 0.29) is 5.56 Å². The number of hydrogen-bond donors (Lipinski definition) is 0. The van der Waals surface area contributed by atoms with Gasteiger partial charge >= 0.3 is 0 Å². The van der Waals surface area contributed by atoms with Gasteiger partial charge in [-0.2, -0.15) is 5.26 Å². The van der Waals surface area contributed by atoms with Crippen LogP contribution in [0.25, 0.3) is 0 Å². The lowest BCUT2D eigenvalue weighted by atomic mass is 10.2. The van der Waals surface area contributed by atoms with Crippen molar-refractivity contribution in [3.8, 4) is 6.07 Å². The summed E-state index contributed by atoms with van der Waals surface area (Å²) in [6, 6.07) is 13.7. The monoisotopic (exact) mass is 263 g/mol. The Hall–Kier alpha value is -1.50. The second kappa shape index (κ2) is 5.22. The largest absolute Gasteiger partial charge is 0.206 e. The predicted molar refractivity (Wildman–Crippen MR) is 66.7 cm³/mol. The van der Waals surface area contributed by atoms with Crippen LogP contribution in [0.4, 0.5) is 4.39 Å². The topological polar surface area (TPSA) is 23.8 Å². The molecule has 4 heteroatoms. The van der Waals surface area contributed by atoms with Gasteiger partial charge in [-0.05, 0) is 36.4 Å². The maximum absolute atomic E-state index is 13.4. The fourth-order valence-electron chi connectivity index (χ4n) is 1.33. The number of nitrogens with zero attached hydrogens (tertiary/aromatic N) is 1. The van der Waals surface area contributed by atoms with Gasteiger partial charge in [0, 0.05) is 14.8 Å². The Morgan fingerprint density at radius 2 is 1.82 bits per heavy atom. The molecule has 0 aromatic heterocycles. The Kier molecular flexibility index (Phi) is 3.68. The first-order valence-corrected chi connectivity index (χ1v) is 6.02. The summed E-state index contributed by atoms with van der Waals surface area (Å²) < 4.78 is 13.4. The third-order valence-corrected chi connectivity index (χ3v) is 3.45. The molecule has 0 aliphatic rings. The van der Waals surface area contributed by atoms with Crippen LogP contribution in [-0.2, 0) is 0 Å². The van der Waals surface area contributed by atoms with Crippen LogP contribution in [0, 0.1) is 17.1 Å². The number of rotatable bonds is 2. The van der Waals surface area contributed by atoms with Crippen molar-refractivity contribution < 1.29 is 4.39 Å². The van der Waals surface area contributed by atoms with Gasteiger partial charge in [-0.1, -0.05) is 29.4 Å². The van der Waals surface area contributed by atoms with Crippen LogP contribution in [0.2, 0.25) is 5.02 Å². The fourth-order valence-corrected chi connectivity index (χ4v) is 2.37. The maximum atomic E-state index is 13.4. The molecule has 0 radical (unpaired) electrons. The van der Waals surface area contributed by atoms with Crippen molar-refractivity contribution in [1.82, 2.24) is 0 Å². The van der Waals surface area contributed by atoms with Crippen LogP contribution in [0.15, 0.2) is 52.3 Å². The summed E-state index contributed by atoms with van der Waals surface area (Å²) in [6.45, 7) is 0. The van der Waals surface area contributed by atoms with Crippen molar-refractivity contribution in [3.05, 3.63) is 58.9 Å². The minimum absolute atomic E-state index is 0.0763. The fraction of sp³-hybridized carbons (Fsp3) is 0. The Balaban J connectivity index is 2.34. The molecule has 0 atom stereocenters. The summed E-state index contributed by atoms with van der Waals surface area (Å²) >= 11 is 7.12. The summed E-state index contributed by atoms with van der Waals surface area (Å²) in [7, 11) is 0. The Bertz CT molecular complexity index is 575. The van der Waals surface area contributed by atoms with E-state index in [1.165, 1.54) is 17.8 Å². The number of nitriles is 1. The number of halogens is 2. The molecular formula is C13H7ClFNS. The molecule has 0 N–H and O–H groups in total. The smallest absolute Gasteiger partial charge is 0.142 e. The normalized spacial score (nSPS) is 9.94. The maximum Gasteiger partial charge on any atom is 0.142 e. The number of hydrogen-bond acceptors (Lipinski definition) is 2. The van der Waals surface area contributed by atoms with Crippen LogP contribution >= 0.6 is 23.4 Å². The first-order valence-electron chi connectivity index (χ1n) is 4.83. The summed E-state index contributed by atoms with van der Waals surface area (Å²) in [5.41, 5.74) is 0.0763. The van der Waals surface area contributed by atoms with Gasteiger partial charge in [-0.15, -0.1) is 0 Å². The van der Waals surface area contributed by atoms with Crippen molar-refractivity contribution in [1.29, 1.82) is 5.26 Å². The molecule has 0 fully saturated rings. The predicted octanol–water partition coefficient (Wildman–Crippen LogP) is 4.50. The quantitative estimate of drug-likeness (QED) is 0.796. The van der Waals surface area contributed by atoms with Crippen LogP contribution in [0.3, 0.4) is 0 Å². The summed E-state index contributed by atoms with van der Waals surface area (Å²) in [5.74, 6) is -0.494. The highest BCUT2D eigenvalue weighted by atomic mass is 35.5. The Morgan fingerprint density at radius 3 is 2.47 bits per heavy atom. The molecule has 2 aromatic carbocycles. The summed E-state index contributed by atoms with van der Waals surface area (Å²) in [6.07, 6.45) is 0. The van der Waals surface area contributed by atoms with E-state index in [2.05, 4.69) is 0 Å². The van der Waals surface area contributed by atoms with E-state index in [1.54, 1.807) is 24.3 Å². The third kappa shape index (κ3) is 2.79. The van der Waals surface area contributed by atoms with Gasteiger partial charge in [0.25, 0.3) is 0 Å². The number of benzene rings is 2. The molecule has 0 aliphatic carbocycles. The van der Waals surface area contributed by atoms with Gasteiger partial charge in [-0.3, -0.25) is 0 Å². The molecule has 0 amide bonds. The molecule has 0 spiro atoms. The Morgan fingerprint density at radius 1 is 1.12 bits per heavy atom. The van der Waals surface area contributed by atoms with Gasteiger partial charge in [0.1, 0.15) is 17.4 Å². The van der Waals surface area contributed by atoms with Gasteiger partial charge in [0.15, 0.2) is 0 Å². The molecule has 0 unspecified atom stereocenters. The zero-order valence-corrected chi connectivity index (χ0v) is 10.2. The molecule has 2 aromatic rings. The van der Waals surface area contributed by atoms with Crippen molar-refractivity contribution in [2.75, 3.05) is 0 Å². The molecule has 0 saturated carbocycles. The lowest BCUT2D eigenvalue weighted by Crippen LogP contribution is -1.86. The SMILES string of the molecule is N#Cc1c(F)cccc1Sc1ccc(Cl)cc1. The van der Waals surface area contributed by atoms with Crippen molar-refractivity contribution in [2.45, 2.75) is 9.79 Å². The van der Waals surface area contributed by atoms with Crippen LogP contribution < -0.4 is 0 Å². The van der Waals surface area contributed by atoms with Gasteiger partial charge in [0.2, 0.25) is 0 Å². The second-order valence-electron chi connectivity index (χ2n) is 3.28. The highest BCUT2D eigenvalue weighted by molar-refractivity contribution is 7.99. The van der Waals surface area contributed by atoms with Crippen molar-refractivity contribution in [2.24, 2.45) is 0 Å². The van der Waals surface area contributed by atoms with Gasteiger partial charge in [0.05, 0.1) is 0 Å². The van der Waals surface area contributed by atoms with Crippen LogP contribution in [-0.4, -0.2) is 0 Å². The van der Waals surface area contributed by atoms with Crippen molar-refractivity contribution in [3.63, 3.8) is 0 Å². The van der Waals surface area contributed by atoms with Crippen LogP contribution in [0.5, 0.6) is 0 Å². The van der Waals surface area contributed by atoms with E-state index in [0.717, 1.165) is 4.90 Å². The minimum atomic E-state index is -0.494. The minimum Gasteiger partial charge on any atom is -0.206 e. The Labute approximate surface area is 108 Å². The first-order chi connectivity index (χ1) is 8.20. The molecule has 1 nitrogen and oxygen atoms in total. The standard InChI is InChI=1S/C13H7ClFNS/c14-9-4-6-10(7-5-9)17-13-3-1-2-12(15)11(13)8-16/h1-7H. The van der Waals surface area contributed by atoms with Crippen LogP contribution in [0.1, 0.15) is 5.56 Å². The van der Waals surface area contributed by atoms with Gasteiger partial charge < -0.3 is 0 Å². The van der Waals surface area contributed by atoms with Gasteiger partial charge in [-0.25, -0.2) is 4.39 Å². The molecule has 2 rings (SSSR count). The summed E-state index contributed by atoms with van der Waals surface area (Å²) in [5, 5.41) is 9.54. The highest BCUT2D eigenvalue weighted by Gasteiger charge is 2.08. The molecular weight excluding hydrogens is 257 g/mol. The third-order valence-electron chi connectivity index (χ3n) is 2.13. The highest BCUT2D eigenvalue weighted by Crippen LogP contribution is 2.31. The van der Waals surface area contributed by atoms with E-state index >= 15 is 0 Å². The molecule has 17 heavy (non-hydrogen) atoms. The molecule has 0 bridgehead atoms. The molecule has 84 valence electrons. The summed E-state index contributed by atoms with van der Waals surface area (Å²) in [4.78, 5) is 1.52. The lowest BCUT2D eigenvalue weighted by molar-refractivity contribution is 0.620. The molecule has 0 aliphatic heterocycles. The van der Waals surface area contributed by atoms with E-state index in [1.807, 2.05) is 18.2 Å². The first kappa shape index (κ1) is 12.0. The van der Waals surface area contributed by atoms with E-state index in [4.69, 9.17) is 16.9 Å². The average Bonchev–Trinajstić information content (AvgIpc) is 2.32. The average molecular weight is 264 g/mol. The zero-order chi connectivity index (χ0) is 12.3. The molecule has 0 saturated heterocycles.